The van der Waals surface area contributed by atoms with Crippen molar-refractivity contribution >= 4 is 23.5 Å². The van der Waals surface area contributed by atoms with Crippen LogP contribution in [0.15, 0.2) is 36.4 Å². The Balaban J connectivity index is 0.00000110. The van der Waals surface area contributed by atoms with Crippen molar-refractivity contribution in [1.82, 2.24) is 5.32 Å². The molecular formula is C20H28F3N3O5. The molecule has 0 spiro atoms. The number of amides is 2. The number of carbonyl (C=O) groups excluding carboxylic acids is 2. The fraction of sp³-hybridized carbons (Fsp3) is 0.450. The van der Waals surface area contributed by atoms with Crippen LogP contribution in [0.5, 0.6) is 5.75 Å². The molecule has 0 radical (unpaired) electrons. The lowest BCUT2D eigenvalue weighted by Crippen LogP contribution is -2.44. The Morgan fingerprint density at radius 3 is 2.16 bits per heavy atom. The van der Waals surface area contributed by atoms with Crippen molar-refractivity contribution < 1.29 is 37.4 Å². The molecule has 0 saturated heterocycles. The largest absolute Gasteiger partial charge is 0.497 e. The molecule has 5 N–H and O–H groups in total. The lowest BCUT2D eigenvalue weighted by molar-refractivity contribution is -0.192. The van der Waals surface area contributed by atoms with Crippen molar-refractivity contribution in [2.75, 3.05) is 12.4 Å². The van der Waals surface area contributed by atoms with E-state index < -0.39 is 18.2 Å². The highest BCUT2D eigenvalue weighted by atomic mass is 19.4. The molecule has 0 aliphatic carbocycles. The van der Waals surface area contributed by atoms with Crippen molar-refractivity contribution in [3.05, 3.63) is 36.4 Å². The summed E-state index contributed by atoms with van der Waals surface area (Å²) in [5, 5.41) is 12.7. The standard InChI is InChI=1S/C18H27N3O3.C2HF3O2/c1-4-6-13(21-18(23)16(19)5-2)9-12-17(22)20-14-7-10-15(24-3)11-8-14;3-2(4,5)1(6)7/h7-13,16H,4-6,19H2,1-3H3,(H,20,22)(H,21,23);(H,6,7)/t13-,16-;/m0./s1. The Morgan fingerprint density at radius 1 is 1.19 bits per heavy atom. The highest BCUT2D eigenvalue weighted by Gasteiger charge is 2.38. The summed E-state index contributed by atoms with van der Waals surface area (Å²) in [7, 11) is 1.59. The molecule has 0 fully saturated rings. The van der Waals surface area contributed by atoms with Gasteiger partial charge in [-0.3, -0.25) is 9.59 Å². The number of methoxy groups -OCH3 is 1. The third-order valence-corrected chi connectivity index (χ3v) is 3.78. The Labute approximate surface area is 178 Å². The predicted octanol–water partition coefficient (Wildman–Crippen LogP) is 2.85. The van der Waals surface area contributed by atoms with E-state index in [0.717, 1.165) is 18.6 Å². The number of anilines is 1. The number of ether oxygens (including phenoxy) is 1. The molecule has 1 aromatic rings. The zero-order chi connectivity index (χ0) is 24.0. The SMILES string of the molecule is CCC[C@@H](C=CC(=O)Nc1ccc(OC)cc1)NC(=O)[C@@H](N)CC.O=C(O)C(F)(F)F. The minimum atomic E-state index is -5.08. The summed E-state index contributed by atoms with van der Waals surface area (Å²) in [4.78, 5) is 32.8. The van der Waals surface area contributed by atoms with Crippen molar-refractivity contribution in [2.24, 2.45) is 5.73 Å². The van der Waals surface area contributed by atoms with Gasteiger partial charge in [0.25, 0.3) is 0 Å². The minimum absolute atomic E-state index is 0.198. The lowest BCUT2D eigenvalue weighted by Gasteiger charge is -2.17. The van der Waals surface area contributed by atoms with Gasteiger partial charge in [-0.25, -0.2) is 4.79 Å². The van der Waals surface area contributed by atoms with Crippen molar-refractivity contribution in [3.63, 3.8) is 0 Å². The van der Waals surface area contributed by atoms with E-state index >= 15 is 0 Å². The first-order valence-electron chi connectivity index (χ1n) is 9.43. The number of alkyl halides is 3. The number of hydrogen-bond acceptors (Lipinski definition) is 5. The van der Waals surface area contributed by atoms with Crippen molar-refractivity contribution in [2.45, 2.75) is 51.4 Å². The maximum Gasteiger partial charge on any atom is 0.490 e. The van der Waals surface area contributed by atoms with Gasteiger partial charge in [0.1, 0.15) is 5.75 Å². The first-order chi connectivity index (χ1) is 14.4. The number of benzene rings is 1. The average Bonchev–Trinajstić information content (AvgIpc) is 2.71. The molecule has 31 heavy (non-hydrogen) atoms. The molecule has 8 nitrogen and oxygen atoms in total. The zero-order valence-corrected chi connectivity index (χ0v) is 17.5. The third kappa shape index (κ3) is 12.3. The molecule has 0 aliphatic heterocycles. The minimum Gasteiger partial charge on any atom is -0.497 e. The van der Waals surface area contributed by atoms with E-state index in [9.17, 15) is 22.8 Å². The van der Waals surface area contributed by atoms with Crippen LogP contribution in [0, 0.1) is 0 Å². The number of hydrogen-bond donors (Lipinski definition) is 4. The summed E-state index contributed by atoms with van der Waals surface area (Å²) < 4.78 is 36.8. The quantitative estimate of drug-likeness (QED) is 0.431. The highest BCUT2D eigenvalue weighted by molar-refractivity contribution is 5.99. The topological polar surface area (TPSA) is 131 Å². The maximum absolute atomic E-state index is 12.0. The lowest BCUT2D eigenvalue weighted by atomic mass is 10.1. The molecule has 1 rings (SSSR count). The first-order valence-corrected chi connectivity index (χ1v) is 9.43. The molecule has 0 aliphatic rings. The monoisotopic (exact) mass is 447 g/mol. The van der Waals surface area contributed by atoms with Crippen molar-refractivity contribution in [1.29, 1.82) is 0 Å². The van der Waals surface area contributed by atoms with Crippen LogP contribution in [0.4, 0.5) is 18.9 Å². The number of nitrogens with one attached hydrogen (secondary N) is 2. The number of halogens is 3. The van der Waals surface area contributed by atoms with Crippen LogP contribution >= 0.6 is 0 Å². The summed E-state index contributed by atoms with van der Waals surface area (Å²) >= 11 is 0. The molecule has 0 bridgehead atoms. The summed E-state index contributed by atoms with van der Waals surface area (Å²) in [6.45, 7) is 3.88. The number of aliphatic carboxylic acids is 1. The molecule has 0 unspecified atom stereocenters. The number of carboxylic acid groups (broad SMARTS) is 1. The van der Waals surface area contributed by atoms with E-state index in [1.165, 1.54) is 6.08 Å². The van der Waals surface area contributed by atoms with Crippen LogP contribution in [0.1, 0.15) is 33.1 Å². The first kappa shape index (κ1) is 27.9. The second-order valence-corrected chi connectivity index (χ2v) is 6.30. The third-order valence-electron chi connectivity index (χ3n) is 3.78. The van der Waals surface area contributed by atoms with Gasteiger partial charge in [-0.1, -0.05) is 26.3 Å². The van der Waals surface area contributed by atoms with Gasteiger partial charge >= 0.3 is 12.1 Å². The van der Waals surface area contributed by atoms with E-state index in [4.69, 9.17) is 20.4 Å². The normalized spacial score (nSPS) is 12.9. The summed E-state index contributed by atoms with van der Waals surface area (Å²) in [6.07, 6.45) is 0.253. The fourth-order valence-electron chi connectivity index (χ4n) is 2.06. The number of carboxylic acids is 1. The van der Waals surface area contributed by atoms with Gasteiger partial charge in [-0.05, 0) is 37.1 Å². The molecule has 11 heteroatoms. The molecule has 2 amide bonds. The van der Waals surface area contributed by atoms with Gasteiger partial charge in [0.2, 0.25) is 11.8 Å². The number of carbonyl (C=O) groups is 3. The molecule has 2 atom stereocenters. The van der Waals surface area contributed by atoms with Gasteiger partial charge in [0, 0.05) is 17.8 Å². The Bertz CT molecular complexity index is 737. The summed E-state index contributed by atoms with van der Waals surface area (Å²) in [6, 6.07) is 6.33. The second-order valence-electron chi connectivity index (χ2n) is 6.30. The Kier molecular flexibility index (Phi) is 12.6. The Morgan fingerprint density at radius 2 is 1.74 bits per heavy atom. The van der Waals surface area contributed by atoms with Crippen LogP contribution < -0.4 is 21.1 Å². The molecule has 174 valence electrons. The van der Waals surface area contributed by atoms with Gasteiger partial charge in [0.05, 0.1) is 13.2 Å². The molecule has 1 aromatic carbocycles. The molecule has 0 heterocycles. The molecular weight excluding hydrogens is 419 g/mol. The van der Waals surface area contributed by atoms with Gasteiger partial charge < -0.3 is 26.2 Å². The highest BCUT2D eigenvalue weighted by Crippen LogP contribution is 2.15. The zero-order valence-electron chi connectivity index (χ0n) is 17.5. The van der Waals surface area contributed by atoms with Gasteiger partial charge in [-0.2, -0.15) is 13.2 Å². The van der Waals surface area contributed by atoms with E-state index in [0.29, 0.717) is 12.1 Å². The summed E-state index contributed by atoms with van der Waals surface area (Å²) in [5.74, 6) is -2.49. The van der Waals surface area contributed by atoms with Gasteiger partial charge in [-0.15, -0.1) is 0 Å². The van der Waals surface area contributed by atoms with Crippen LogP contribution in [0.25, 0.3) is 0 Å². The predicted molar refractivity (Wildman–Crippen MR) is 110 cm³/mol. The Hall–Kier alpha value is -3.08. The smallest absolute Gasteiger partial charge is 0.490 e. The van der Waals surface area contributed by atoms with E-state index in [2.05, 4.69) is 10.6 Å². The fourth-order valence-corrected chi connectivity index (χ4v) is 2.06. The van der Waals surface area contributed by atoms with Crippen molar-refractivity contribution in [3.8, 4) is 5.75 Å². The van der Waals surface area contributed by atoms with Crippen LogP contribution in [0.2, 0.25) is 0 Å². The molecule has 0 saturated carbocycles. The van der Waals surface area contributed by atoms with Crippen LogP contribution in [-0.4, -0.2) is 48.3 Å². The maximum atomic E-state index is 12.0. The van der Waals surface area contributed by atoms with E-state index in [1.54, 1.807) is 37.5 Å². The van der Waals surface area contributed by atoms with Gasteiger partial charge in [0.15, 0.2) is 0 Å². The molecule has 0 aromatic heterocycles. The van der Waals surface area contributed by atoms with Crippen LogP contribution in [-0.2, 0) is 14.4 Å². The number of nitrogens with two attached hydrogens (primary N) is 1. The van der Waals surface area contributed by atoms with Crippen LogP contribution in [0.3, 0.4) is 0 Å². The van der Waals surface area contributed by atoms with E-state index in [1.807, 2.05) is 13.8 Å². The second kappa shape index (κ2) is 14.0. The van der Waals surface area contributed by atoms with E-state index in [-0.39, 0.29) is 17.9 Å². The summed E-state index contributed by atoms with van der Waals surface area (Å²) in [5.41, 5.74) is 6.39. The number of rotatable bonds is 9. The average molecular weight is 447 g/mol.